The van der Waals surface area contributed by atoms with E-state index in [0.717, 1.165) is 11.1 Å². The molecule has 116 valence electrons. The number of rotatable bonds is 6. The van der Waals surface area contributed by atoms with E-state index in [2.05, 4.69) is 10.6 Å². The summed E-state index contributed by atoms with van der Waals surface area (Å²) in [7, 11) is 0. The number of carbonyl (C=O) groups is 1. The summed E-state index contributed by atoms with van der Waals surface area (Å²) < 4.78 is 0. The first kappa shape index (κ1) is 16.3. The lowest BCUT2D eigenvalue weighted by atomic mass is 10.1. The number of halogens is 1. The van der Waals surface area contributed by atoms with E-state index in [-0.39, 0.29) is 25.1 Å². The zero-order chi connectivity index (χ0) is 15.9. The average molecular weight is 319 g/mol. The van der Waals surface area contributed by atoms with E-state index < -0.39 is 0 Å². The molecule has 1 unspecified atom stereocenters. The number of anilines is 1. The Morgan fingerprint density at radius 2 is 1.95 bits per heavy atom. The summed E-state index contributed by atoms with van der Waals surface area (Å²) in [6.45, 7) is 1.99. The molecule has 0 saturated heterocycles. The molecule has 2 aromatic rings. The molecule has 1 atom stereocenters. The van der Waals surface area contributed by atoms with Crippen LogP contribution in [0.2, 0.25) is 5.02 Å². The quantitative estimate of drug-likeness (QED) is 0.767. The van der Waals surface area contributed by atoms with Crippen molar-refractivity contribution in [1.82, 2.24) is 5.32 Å². The third-order valence-corrected chi connectivity index (χ3v) is 3.66. The first-order chi connectivity index (χ1) is 10.6. The van der Waals surface area contributed by atoms with Crippen LogP contribution in [0.3, 0.4) is 0 Å². The summed E-state index contributed by atoms with van der Waals surface area (Å²) in [5.41, 5.74) is 2.43. The van der Waals surface area contributed by atoms with Crippen molar-refractivity contribution in [2.45, 2.75) is 19.6 Å². The SMILES string of the molecule is CC(NC(=O)CNc1cc(CO)ccc1Cl)c1ccccc1. The summed E-state index contributed by atoms with van der Waals surface area (Å²) in [5, 5.41) is 15.5. The minimum absolute atomic E-state index is 0.0604. The van der Waals surface area contributed by atoms with Gasteiger partial charge in [0.25, 0.3) is 0 Å². The zero-order valence-corrected chi connectivity index (χ0v) is 13.1. The van der Waals surface area contributed by atoms with Crippen molar-refractivity contribution >= 4 is 23.2 Å². The summed E-state index contributed by atoms with van der Waals surface area (Å²) in [6, 6.07) is 14.9. The highest BCUT2D eigenvalue weighted by Gasteiger charge is 2.10. The molecule has 22 heavy (non-hydrogen) atoms. The highest BCUT2D eigenvalue weighted by atomic mass is 35.5. The third kappa shape index (κ3) is 4.48. The van der Waals surface area contributed by atoms with Gasteiger partial charge in [-0.05, 0) is 30.2 Å². The van der Waals surface area contributed by atoms with Gasteiger partial charge >= 0.3 is 0 Å². The molecule has 0 aliphatic heterocycles. The number of benzene rings is 2. The van der Waals surface area contributed by atoms with E-state index in [1.807, 2.05) is 37.3 Å². The second-order valence-electron chi connectivity index (χ2n) is 5.03. The molecule has 3 N–H and O–H groups in total. The number of nitrogens with one attached hydrogen (secondary N) is 2. The monoisotopic (exact) mass is 318 g/mol. The molecule has 2 aromatic carbocycles. The first-order valence-corrected chi connectivity index (χ1v) is 7.45. The van der Waals surface area contributed by atoms with Gasteiger partial charge in [-0.3, -0.25) is 4.79 Å². The van der Waals surface area contributed by atoms with Crippen LogP contribution in [-0.4, -0.2) is 17.6 Å². The van der Waals surface area contributed by atoms with Crippen LogP contribution < -0.4 is 10.6 Å². The Kier molecular flexibility index (Phi) is 5.81. The predicted octanol–water partition coefficient (Wildman–Crippen LogP) is 3.12. The van der Waals surface area contributed by atoms with Gasteiger partial charge in [0.1, 0.15) is 0 Å². The highest BCUT2D eigenvalue weighted by Crippen LogP contribution is 2.22. The van der Waals surface area contributed by atoms with Crippen LogP contribution in [0.4, 0.5) is 5.69 Å². The van der Waals surface area contributed by atoms with E-state index in [1.54, 1.807) is 18.2 Å². The second kappa shape index (κ2) is 7.82. The van der Waals surface area contributed by atoms with E-state index in [1.165, 1.54) is 0 Å². The van der Waals surface area contributed by atoms with Crippen LogP contribution in [0, 0.1) is 0 Å². The average Bonchev–Trinajstić information content (AvgIpc) is 2.55. The minimum Gasteiger partial charge on any atom is -0.392 e. The standard InChI is InChI=1S/C17H19ClN2O2/c1-12(14-5-3-2-4-6-14)20-17(22)10-19-16-9-13(11-21)7-8-15(16)18/h2-9,12,19,21H,10-11H2,1H3,(H,20,22). The van der Waals surface area contributed by atoms with Gasteiger partial charge in [-0.2, -0.15) is 0 Å². The van der Waals surface area contributed by atoms with Crippen LogP contribution in [-0.2, 0) is 11.4 Å². The molecule has 0 bridgehead atoms. The number of hydrogen-bond donors (Lipinski definition) is 3. The molecule has 0 heterocycles. The van der Waals surface area contributed by atoms with E-state index >= 15 is 0 Å². The van der Waals surface area contributed by atoms with E-state index in [9.17, 15) is 4.79 Å². The van der Waals surface area contributed by atoms with Crippen molar-refractivity contribution in [2.75, 3.05) is 11.9 Å². The Balaban J connectivity index is 1.90. The molecule has 0 aliphatic carbocycles. The Hall–Kier alpha value is -2.04. The van der Waals surface area contributed by atoms with Crippen LogP contribution in [0.5, 0.6) is 0 Å². The minimum atomic E-state index is -0.123. The number of aliphatic hydroxyl groups excluding tert-OH is 1. The lowest BCUT2D eigenvalue weighted by Crippen LogP contribution is -2.32. The zero-order valence-electron chi connectivity index (χ0n) is 12.3. The lowest BCUT2D eigenvalue weighted by molar-refractivity contribution is -0.120. The molecular formula is C17H19ClN2O2. The lowest BCUT2D eigenvalue weighted by Gasteiger charge is -2.15. The highest BCUT2D eigenvalue weighted by molar-refractivity contribution is 6.33. The Morgan fingerprint density at radius 3 is 2.64 bits per heavy atom. The first-order valence-electron chi connectivity index (χ1n) is 7.07. The van der Waals surface area contributed by atoms with Gasteiger partial charge in [0.2, 0.25) is 5.91 Å². The third-order valence-electron chi connectivity index (χ3n) is 3.33. The van der Waals surface area contributed by atoms with Gasteiger partial charge in [0.05, 0.1) is 29.9 Å². The number of aliphatic hydroxyl groups is 1. The van der Waals surface area contributed by atoms with Crippen LogP contribution in [0.1, 0.15) is 24.1 Å². The van der Waals surface area contributed by atoms with Crippen LogP contribution >= 0.6 is 11.6 Å². The van der Waals surface area contributed by atoms with Gasteiger partial charge in [-0.25, -0.2) is 0 Å². The molecular weight excluding hydrogens is 300 g/mol. The van der Waals surface area contributed by atoms with Crippen molar-refractivity contribution in [3.05, 3.63) is 64.7 Å². The molecule has 5 heteroatoms. The van der Waals surface area contributed by atoms with Gasteiger partial charge in [0.15, 0.2) is 0 Å². The molecule has 0 fully saturated rings. The van der Waals surface area contributed by atoms with Gasteiger partial charge in [-0.15, -0.1) is 0 Å². The fraction of sp³-hybridized carbons (Fsp3) is 0.235. The summed E-state index contributed by atoms with van der Waals surface area (Å²) >= 11 is 6.06. The van der Waals surface area contributed by atoms with Crippen LogP contribution in [0.25, 0.3) is 0 Å². The normalized spacial score (nSPS) is 11.8. The van der Waals surface area contributed by atoms with Crippen molar-refractivity contribution < 1.29 is 9.90 Å². The number of amides is 1. The van der Waals surface area contributed by atoms with Crippen molar-refractivity contribution in [1.29, 1.82) is 0 Å². The fourth-order valence-corrected chi connectivity index (χ4v) is 2.28. The molecule has 0 aliphatic rings. The molecule has 0 saturated carbocycles. The van der Waals surface area contributed by atoms with E-state index in [4.69, 9.17) is 16.7 Å². The van der Waals surface area contributed by atoms with Crippen molar-refractivity contribution in [3.63, 3.8) is 0 Å². The van der Waals surface area contributed by atoms with Crippen LogP contribution in [0.15, 0.2) is 48.5 Å². The Morgan fingerprint density at radius 1 is 1.23 bits per heavy atom. The van der Waals surface area contributed by atoms with Crippen molar-refractivity contribution in [2.24, 2.45) is 0 Å². The number of carbonyl (C=O) groups excluding carboxylic acids is 1. The Bertz CT molecular complexity index is 632. The second-order valence-corrected chi connectivity index (χ2v) is 5.43. The van der Waals surface area contributed by atoms with Gasteiger partial charge in [0, 0.05) is 0 Å². The summed E-state index contributed by atoms with van der Waals surface area (Å²) in [5.74, 6) is -0.123. The molecule has 0 aromatic heterocycles. The largest absolute Gasteiger partial charge is 0.392 e. The van der Waals surface area contributed by atoms with Crippen molar-refractivity contribution in [3.8, 4) is 0 Å². The molecule has 2 rings (SSSR count). The van der Waals surface area contributed by atoms with E-state index in [0.29, 0.717) is 10.7 Å². The van der Waals surface area contributed by atoms with Gasteiger partial charge in [-0.1, -0.05) is 48.0 Å². The molecule has 0 spiro atoms. The maximum Gasteiger partial charge on any atom is 0.239 e. The summed E-state index contributed by atoms with van der Waals surface area (Å²) in [4.78, 5) is 12.0. The predicted molar refractivity (Wildman–Crippen MR) is 88.9 cm³/mol. The Labute approximate surface area is 135 Å². The van der Waals surface area contributed by atoms with Gasteiger partial charge < -0.3 is 15.7 Å². The maximum absolute atomic E-state index is 12.0. The summed E-state index contributed by atoms with van der Waals surface area (Å²) in [6.07, 6.45) is 0. The number of hydrogen-bond acceptors (Lipinski definition) is 3. The molecule has 4 nitrogen and oxygen atoms in total. The molecule has 1 amide bonds. The fourth-order valence-electron chi connectivity index (χ4n) is 2.10. The molecule has 0 radical (unpaired) electrons. The topological polar surface area (TPSA) is 61.4 Å². The smallest absolute Gasteiger partial charge is 0.239 e. The maximum atomic E-state index is 12.0.